The van der Waals surface area contributed by atoms with Gasteiger partial charge in [-0.2, -0.15) is 0 Å². The Balaban J connectivity index is 1.48. The first-order valence-electron chi connectivity index (χ1n) is 8.69. The van der Waals surface area contributed by atoms with Crippen molar-refractivity contribution >= 4 is 48.5 Å². The maximum Gasteiger partial charge on any atom is 0.255 e. The highest BCUT2D eigenvalue weighted by Gasteiger charge is 2.24. The van der Waals surface area contributed by atoms with E-state index in [-0.39, 0.29) is 5.91 Å². The van der Waals surface area contributed by atoms with Crippen molar-refractivity contribution < 1.29 is 4.79 Å². The highest BCUT2D eigenvalue weighted by Crippen LogP contribution is 2.31. The van der Waals surface area contributed by atoms with Gasteiger partial charge in [0.15, 0.2) is 5.13 Å². The molecule has 6 heteroatoms. The number of benzene rings is 2. The SMILES string of the molecule is Cc1cc2nc(N3CCN(C(=O)c4ccccc4Br)CC3)sc2cc1C. The number of piperazine rings is 1. The molecule has 1 amide bonds. The normalized spacial score (nSPS) is 14.9. The maximum atomic E-state index is 12.7. The van der Waals surface area contributed by atoms with Crippen molar-refractivity contribution in [3.05, 3.63) is 57.6 Å². The zero-order chi connectivity index (χ0) is 18.3. The predicted molar refractivity (Wildman–Crippen MR) is 111 cm³/mol. The van der Waals surface area contributed by atoms with Gasteiger partial charge < -0.3 is 9.80 Å². The fraction of sp³-hybridized carbons (Fsp3) is 0.300. The summed E-state index contributed by atoms with van der Waals surface area (Å²) in [6.07, 6.45) is 0. The van der Waals surface area contributed by atoms with Crippen molar-refractivity contribution in [1.82, 2.24) is 9.88 Å². The number of anilines is 1. The molecule has 26 heavy (non-hydrogen) atoms. The third-order valence-electron chi connectivity index (χ3n) is 4.93. The third kappa shape index (κ3) is 3.23. The Hall–Kier alpha value is -1.92. The third-order valence-corrected chi connectivity index (χ3v) is 6.70. The second-order valence-electron chi connectivity index (χ2n) is 6.66. The lowest BCUT2D eigenvalue weighted by molar-refractivity contribution is 0.0746. The van der Waals surface area contributed by atoms with Gasteiger partial charge in [0.2, 0.25) is 0 Å². The number of amides is 1. The van der Waals surface area contributed by atoms with Crippen molar-refractivity contribution in [1.29, 1.82) is 0 Å². The molecule has 1 aromatic heterocycles. The van der Waals surface area contributed by atoms with Crippen LogP contribution in [0.15, 0.2) is 40.9 Å². The second-order valence-corrected chi connectivity index (χ2v) is 8.52. The molecule has 0 N–H and O–H groups in total. The quantitative estimate of drug-likeness (QED) is 0.595. The Labute approximate surface area is 165 Å². The lowest BCUT2D eigenvalue weighted by Crippen LogP contribution is -2.48. The van der Waals surface area contributed by atoms with E-state index in [2.05, 4.69) is 46.8 Å². The number of carbonyl (C=O) groups is 1. The summed E-state index contributed by atoms with van der Waals surface area (Å²) in [5.41, 5.74) is 4.38. The van der Waals surface area contributed by atoms with Crippen molar-refractivity contribution in [3.8, 4) is 0 Å². The fourth-order valence-electron chi connectivity index (χ4n) is 3.21. The van der Waals surface area contributed by atoms with Gasteiger partial charge in [0, 0.05) is 30.7 Å². The van der Waals surface area contributed by atoms with Crippen LogP contribution in [0.4, 0.5) is 5.13 Å². The molecule has 1 aliphatic rings. The van der Waals surface area contributed by atoms with Gasteiger partial charge in [0.05, 0.1) is 15.8 Å². The average molecular weight is 430 g/mol. The summed E-state index contributed by atoms with van der Waals surface area (Å²) >= 11 is 5.22. The van der Waals surface area contributed by atoms with Crippen LogP contribution in [0.5, 0.6) is 0 Å². The molecule has 3 aromatic rings. The first-order valence-corrected chi connectivity index (χ1v) is 10.3. The van der Waals surface area contributed by atoms with E-state index < -0.39 is 0 Å². The van der Waals surface area contributed by atoms with Crippen molar-refractivity contribution in [2.75, 3.05) is 31.1 Å². The highest BCUT2D eigenvalue weighted by atomic mass is 79.9. The van der Waals surface area contributed by atoms with E-state index in [9.17, 15) is 4.79 Å². The monoisotopic (exact) mass is 429 g/mol. The van der Waals surface area contributed by atoms with Crippen LogP contribution < -0.4 is 4.90 Å². The zero-order valence-corrected chi connectivity index (χ0v) is 17.2. The van der Waals surface area contributed by atoms with E-state index in [4.69, 9.17) is 4.98 Å². The number of rotatable bonds is 2. The molecular weight excluding hydrogens is 410 g/mol. The summed E-state index contributed by atoms with van der Waals surface area (Å²) in [6, 6.07) is 12.0. The Morgan fingerprint density at radius 2 is 1.77 bits per heavy atom. The summed E-state index contributed by atoms with van der Waals surface area (Å²) in [5.74, 6) is 0.0904. The molecule has 0 unspecified atom stereocenters. The van der Waals surface area contributed by atoms with Gasteiger partial charge in [-0.25, -0.2) is 4.98 Å². The number of halogens is 1. The minimum Gasteiger partial charge on any atom is -0.345 e. The van der Waals surface area contributed by atoms with E-state index in [1.54, 1.807) is 11.3 Å². The molecule has 0 spiro atoms. The summed E-state index contributed by atoms with van der Waals surface area (Å²) < 4.78 is 2.08. The van der Waals surface area contributed by atoms with Crippen molar-refractivity contribution in [3.63, 3.8) is 0 Å². The summed E-state index contributed by atoms with van der Waals surface area (Å²) in [5, 5.41) is 1.05. The number of aryl methyl sites for hydroxylation is 2. The standard InChI is InChI=1S/C20H20BrN3OS/c1-13-11-17-18(12-14(13)2)26-20(22-17)24-9-7-23(8-10-24)19(25)15-5-3-4-6-16(15)21/h3-6,11-12H,7-10H2,1-2H3. The molecule has 0 aliphatic carbocycles. The lowest BCUT2D eigenvalue weighted by Gasteiger charge is -2.34. The molecule has 0 atom stereocenters. The van der Waals surface area contributed by atoms with Gasteiger partial charge in [-0.05, 0) is 65.2 Å². The van der Waals surface area contributed by atoms with Gasteiger partial charge in [-0.15, -0.1) is 0 Å². The second kappa shape index (κ2) is 7.00. The molecule has 2 heterocycles. The van der Waals surface area contributed by atoms with Crippen molar-refractivity contribution in [2.45, 2.75) is 13.8 Å². The fourth-order valence-corrected chi connectivity index (χ4v) is 4.76. The van der Waals surface area contributed by atoms with Gasteiger partial charge >= 0.3 is 0 Å². The topological polar surface area (TPSA) is 36.4 Å². The van der Waals surface area contributed by atoms with Crippen LogP contribution in [-0.2, 0) is 0 Å². The van der Waals surface area contributed by atoms with Gasteiger partial charge in [-0.1, -0.05) is 23.5 Å². The van der Waals surface area contributed by atoms with Gasteiger partial charge in [0.25, 0.3) is 5.91 Å². The predicted octanol–water partition coefficient (Wildman–Crippen LogP) is 4.64. The Morgan fingerprint density at radius 1 is 1.08 bits per heavy atom. The Bertz CT molecular complexity index is 937. The van der Waals surface area contributed by atoms with E-state index in [1.807, 2.05) is 29.2 Å². The van der Waals surface area contributed by atoms with Crippen molar-refractivity contribution in [2.24, 2.45) is 0 Å². The number of nitrogens with zero attached hydrogens (tertiary/aromatic N) is 3. The number of fused-ring (bicyclic) bond motifs is 1. The van der Waals surface area contributed by atoms with Crippen LogP contribution in [-0.4, -0.2) is 42.0 Å². The molecule has 1 saturated heterocycles. The highest BCUT2D eigenvalue weighted by molar-refractivity contribution is 9.10. The lowest BCUT2D eigenvalue weighted by atomic mass is 10.1. The zero-order valence-electron chi connectivity index (χ0n) is 14.8. The summed E-state index contributed by atoms with van der Waals surface area (Å²) in [6.45, 7) is 7.32. The molecule has 4 nitrogen and oxygen atoms in total. The number of aromatic nitrogens is 1. The van der Waals surface area contributed by atoms with E-state index in [1.165, 1.54) is 15.8 Å². The smallest absolute Gasteiger partial charge is 0.255 e. The number of carbonyl (C=O) groups excluding carboxylic acids is 1. The molecule has 134 valence electrons. The average Bonchev–Trinajstić information content (AvgIpc) is 3.05. The summed E-state index contributed by atoms with van der Waals surface area (Å²) in [4.78, 5) is 21.8. The summed E-state index contributed by atoms with van der Waals surface area (Å²) in [7, 11) is 0. The molecule has 1 aliphatic heterocycles. The van der Waals surface area contributed by atoms with E-state index in [0.717, 1.165) is 33.8 Å². The molecule has 0 radical (unpaired) electrons. The largest absolute Gasteiger partial charge is 0.345 e. The minimum absolute atomic E-state index is 0.0904. The van der Waals surface area contributed by atoms with Crippen LogP contribution in [0.1, 0.15) is 21.5 Å². The first kappa shape index (κ1) is 17.5. The number of hydrogen-bond donors (Lipinski definition) is 0. The minimum atomic E-state index is 0.0904. The number of thiazole rings is 1. The van der Waals surface area contributed by atoms with Crippen LogP contribution in [0.2, 0.25) is 0 Å². The van der Waals surface area contributed by atoms with Crippen LogP contribution in [0.3, 0.4) is 0 Å². The molecule has 0 bridgehead atoms. The Morgan fingerprint density at radius 3 is 2.50 bits per heavy atom. The Kier molecular flexibility index (Phi) is 4.71. The molecule has 4 rings (SSSR count). The van der Waals surface area contributed by atoms with Crippen LogP contribution >= 0.6 is 27.3 Å². The first-order chi connectivity index (χ1) is 12.5. The molecule has 0 saturated carbocycles. The van der Waals surface area contributed by atoms with Crippen LogP contribution in [0.25, 0.3) is 10.2 Å². The molecular formula is C20H20BrN3OS. The number of hydrogen-bond acceptors (Lipinski definition) is 4. The maximum absolute atomic E-state index is 12.7. The van der Waals surface area contributed by atoms with Gasteiger partial charge in [-0.3, -0.25) is 4.79 Å². The van der Waals surface area contributed by atoms with E-state index in [0.29, 0.717) is 13.1 Å². The molecule has 2 aromatic carbocycles. The molecule has 1 fully saturated rings. The van der Waals surface area contributed by atoms with Gasteiger partial charge in [0.1, 0.15) is 0 Å². The van der Waals surface area contributed by atoms with E-state index >= 15 is 0 Å². The van der Waals surface area contributed by atoms with Crippen LogP contribution in [0, 0.1) is 13.8 Å².